The Morgan fingerprint density at radius 1 is 1.19 bits per heavy atom. The standard InChI is InChI=1S/C19H22BNO6/c1-3-21(10-11-27-18-7-5-4-6-17(18)26-2)19(23)14-8-9-16(20(24)25)15(12-14)13-22/h4-9,12-13,24-25H,3,10-11H2,1-2H3. The lowest BCUT2D eigenvalue weighted by Gasteiger charge is -2.22. The molecule has 0 heterocycles. The van der Waals surface area contributed by atoms with E-state index in [0.29, 0.717) is 36.4 Å². The van der Waals surface area contributed by atoms with Gasteiger partial charge in [0.2, 0.25) is 0 Å². The molecule has 0 saturated carbocycles. The van der Waals surface area contributed by atoms with Crippen LogP contribution in [0.5, 0.6) is 11.5 Å². The first-order chi connectivity index (χ1) is 13.0. The average molecular weight is 371 g/mol. The Kier molecular flexibility index (Phi) is 7.39. The van der Waals surface area contributed by atoms with Crippen molar-refractivity contribution in [1.29, 1.82) is 0 Å². The van der Waals surface area contributed by atoms with E-state index >= 15 is 0 Å². The van der Waals surface area contributed by atoms with E-state index in [2.05, 4.69) is 0 Å². The minimum atomic E-state index is -1.77. The number of amides is 1. The largest absolute Gasteiger partial charge is 0.493 e. The topological polar surface area (TPSA) is 96.3 Å². The van der Waals surface area contributed by atoms with E-state index in [4.69, 9.17) is 9.47 Å². The van der Waals surface area contributed by atoms with E-state index in [-0.39, 0.29) is 23.5 Å². The number of benzene rings is 2. The van der Waals surface area contributed by atoms with Crippen molar-refractivity contribution in [3.8, 4) is 11.5 Å². The van der Waals surface area contributed by atoms with Gasteiger partial charge in [-0.25, -0.2) is 0 Å². The quantitative estimate of drug-likeness (QED) is 0.498. The average Bonchev–Trinajstić information content (AvgIpc) is 2.70. The van der Waals surface area contributed by atoms with E-state index in [0.717, 1.165) is 0 Å². The number of aldehydes is 1. The summed E-state index contributed by atoms with van der Waals surface area (Å²) in [6.45, 7) is 2.91. The number of hydrogen-bond donors (Lipinski definition) is 2. The Morgan fingerprint density at radius 2 is 1.89 bits per heavy atom. The zero-order chi connectivity index (χ0) is 19.8. The molecule has 27 heavy (non-hydrogen) atoms. The second-order valence-electron chi connectivity index (χ2n) is 5.72. The molecule has 0 unspecified atom stereocenters. The molecule has 1 amide bonds. The van der Waals surface area contributed by atoms with E-state index in [1.807, 2.05) is 19.1 Å². The molecule has 0 aromatic heterocycles. The van der Waals surface area contributed by atoms with Crippen molar-refractivity contribution in [2.75, 3.05) is 26.8 Å². The van der Waals surface area contributed by atoms with Gasteiger partial charge in [0.15, 0.2) is 11.5 Å². The fourth-order valence-electron chi connectivity index (χ4n) is 2.63. The highest BCUT2D eigenvalue weighted by molar-refractivity contribution is 6.60. The molecule has 0 aliphatic heterocycles. The van der Waals surface area contributed by atoms with Crippen LogP contribution in [0.1, 0.15) is 27.6 Å². The normalized spacial score (nSPS) is 10.2. The van der Waals surface area contributed by atoms with Gasteiger partial charge in [0, 0.05) is 17.7 Å². The fraction of sp³-hybridized carbons (Fsp3) is 0.263. The number of nitrogens with zero attached hydrogens (tertiary/aromatic N) is 1. The Hall–Kier alpha value is -2.84. The molecule has 0 saturated heterocycles. The molecule has 2 aromatic rings. The summed E-state index contributed by atoms with van der Waals surface area (Å²) in [5.74, 6) is 0.928. The van der Waals surface area contributed by atoms with Crippen LogP contribution in [0.3, 0.4) is 0 Å². The maximum atomic E-state index is 12.7. The Morgan fingerprint density at radius 3 is 2.48 bits per heavy atom. The van der Waals surface area contributed by atoms with Crippen LogP contribution < -0.4 is 14.9 Å². The highest BCUT2D eigenvalue weighted by Gasteiger charge is 2.20. The molecule has 0 bridgehead atoms. The molecular formula is C19H22BNO6. The fourth-order valence-corrected chi connectivity index (χ4v) is 2.63. The molecule has 142 valence electrons. The third-order valence-corrected chi connectivity index (χ3v) is 4.10. The van der Waals surface area contributed by atoms with E-state index in [9.17, 15) is 19.6 Å². The molecule has 0 aliphatic carbocycles. The van der Waals surface area contributed by atoms with E-state index in [1.54, 1.807) is 24.1 Å². The smallest absolute Gasteiger partial charge is 0.489 e. The van der Waals surface area contributed by atoms with Crippen LogP contribution in [-0.4, -0.2) is 61.1 Å². The molecule has 0 atom stereocenters. The number of ether oxygens (including phenoxy) is 2. The van der Waals surface area contributed by atoms with Crippen molar-refractivity contribution < 1.29 is 29.1 Å². The first-order valence-electron chi connectivity index (χ1n) is 8.52. The van der Waals surface area contributed by atoms with Crippen LogP contribution in [-0.2, 0) is 0 Å². The van der Waals surface area contributed by atoms with Gasteiger partial charge in [-0.1, -0.05) is 18.2 Å². The highest BCUT2D eigenvalue weighted by atomic mass is 16.5. The maximum absolute atomic E-state index is 12.7. The van der Waals surface area contributed by atoms with Crippen molar-refractivity contribution >= 4 is 24.8 Å². The van der Waals surface area contributed by atoms with Gasteiger partial charge >= 0.3 is 7.12 Å². The lowest BCUT2D eigenvalue weighted by molar-refractivity contribution is 0.0739. The summed E-state index contributed by atoms with van der Waals surface area (Å²) in [4.78, 5) is 25.4. The molecule has 0 spiro atoms. The van der Waals surface area contributed by atoms with Gasteiger partial charge in [-0.15, -0.1) is 0 Å². The predicted molar refractivity (Wildman–Crippen MR) is 102 cm³/mol. The van der Waals surface area contributed by atoms with E-state index in [1.165, 1.54) is 18.2 Å². The summed E-state index contributed by atoms with van der Waals surface area (Å²) in [5, 5.41) is 18.5. The lowest BCUT2D eigenvalue weighted by atomic mass is 9.77. The summed E-state index contributed by atoms with van der Waals surface area (Å²) < 4.78 is 10.9. The van der Waals surface area contributed by atoms with Crippen LogP contribution in [0.15, 0.2) is 42.5 Å². The minimum absolute atomic E-state index is 0.0594. The van der Waals surface area contributed by atoms with E-state index < -0.39 is 7.12 Å². The zero-order valence-electron chi connectivity index (χ0n) is 15.3. The lowest BCUT2D eigenvalue weighted by Crippen LogP contribution is -2.36. The SMILES string of the molecule is CCN(CCOc1ccccc1OC)C(=O)c1ccc(B(O)O)c(C=O)c1. The van der Waals surface area contributed by atoms with Gasteiger partial charge in [-0.2, -0.15) is 0 Å². The molecule has 0 fully saturated rings. The van der Waals surface area contributed by atoms with Gasteiger partial charge in [-0.05, 0) is 36.7 Å². The highest BCUT2D eigenvalue weighted by Crippen LogP contribution is 2.25. The zero-order valence-corrected chi connectivity index (χ0v) is 15.3. The van der Waals surface area contributed by atoms with Crippen molar-refractivity contribution in [3.63, 3.8) is 0 Å². The van der Waals surface area contributed by atoms with Crippen LogP contribution in [0.2, 0.25) is 0 Å². The van der Waals surface area contributed by atoms with Gasteiger partial charge in [-0.3, -0.25) is 9.59 Å². The molecular weight excluding hydrogens is 349 g/mol. The number of hydrogen-bond acceptors (Lipinski definition) is 6. The number of carbonyl (C=O) groups is 2. The molecule has 7 nitrogen and oxygen atoms in total. The van der Waals surface area contributed by atoms with Crippen LogP contribution in [0.4, 0.5) is 0 Å². The number of likely N-dealkylation sites (N-methyl/N-ethyl adjacent to an activating group) is 1. The summed E-state index contributed by atoms with van der Waals surface area (Å²) in [6, 6.07) is 11.4. The Balaban J connectivity index is 2.06. The third kappa shape index (κ3) is 5.09. The molecule has 0 radical (unpaired) electrons. The summed E-state index contributed by atoms with van der Waals surface area (Å²) in [6.07, 6.45) is 0.493. The predicted octanol–water partition coefficient (Wildman–Crippen LogP) is 0.729. The van der Waals surface area contributed by atoms with Crippen molar-refractivity contribution in [3.05, 3.63) is 53.6 Å². The Bertz CT molecular complexity index is 796. The van der Waals surface area contributed by atoms with Gasteiger partial charge in [0.1, 0.15) is 12.9 Å². The van der Waals surface area contributed by atoms with Crippen LogP contribution in [0, 0.1) is 0 Å². The first-order valence-corrected chi connectivity index (χ1v) is 8.52. The summed E-state index contributed by atoms with van der Waals surface area (Å²) in [5.41, 5.74) is 0.418. The molecule has 8 heteroatoms. The van der Waals surface area contributed by atoms with Crippen molar-refractivity contribution in [2.24, 2.45) is 0 Å². The molecule has 2 N–H and O–H groups in total. The van der Waals surface area contributed by atoms with Crippen molar-refractivity contribution in [1.82, 2.24) is 4.90 Å². The summed E-state index contributed by atoms with van der Waals surface area (Å²) >= 11 is 0. The van der Waals surface area contributed by atoms with Gasteiger partial charge < -0.3 is 24.4 Å². The molecule has 2 rings (SSSR count). The first kappa shape index (κ1) is 20.5. The maximum Gasteiger partial charge on any atom is 0.489 e. The van der Waals surface area contributed by atoms with Crippen LogP contribution >= 0.6 is 0 Å². The summed E-state index contributed by atoms with van der Waals surface area (Å²) in [7, 11) is -0.215. The second-order valence-corrected chi connectivity index (χ2v) is 5.72. The minimum Gasteiger partial charge on any atom is -0.493 e. The monoisotopic (exact) mass is 371 g/mol. The number of para-hydroxylation sites is 2. The number of methoxy groups -OCH3 is 1. The van der Waals surface area contributed by atoms with Gasteiger partial charge in [0.05, 0.1) is 13.7 Å². The van der Waals surface area contributed by atoms with Crippen LogP contribution in [0.25, 0.3) is 0 Å². The van der Waals surface area contributed by atoms with Crippen molar-refractivity contribution in [2.45, 2.75) is 6.92 Å². The van der Waals surface area contributed by atoms with Gasteiger partial charge in [0.25, 0.3) is 5.91 Å². The molecule has 0 aliphatic rings. The molecule has 2 aromatic carbocycles. The number of carbonyl (C=O) groups excluding carboxylic acids is 2. The number of rotatable bonds is 9. The Labute approximate surface area is 158 Å². The second kappa shape index (κ2) is 9.75. The third-order valence-electron chi connectivity index (χ3n) is 4.10.